The number of hydrogen-bond donors (Lipinski definition) is 0. The van der Waals surface area contributed by atoms with Crippen LogP contribution in [0.5, 0.6) is 0 Å². The Kier molecular flexibility index (Phi) is 4.69. The normalized spacial score (nSPS) is 12.3. The fraction of sp³-hybridized carbons (Fsp3) is 0.0714. The Morgan fingerprint density at radius 1 is 0.833 bits per heavy atom. The van der Waals surface area contributed by atoms with Crippen molar-refractivity contribution in [1.29, 1.82) is 0 Å². The third-order valence-electron chi connectivity index (χ3n) is 5.77. The Bertz CT molecular complexity index is 1470. The summed E-state index contributed by atoms with van der Waals surface area (Å²) in [6, 6.07) is 30.4. The van der Waals surface area contributed by atoms with Crippen LogP contribution in [0.25, 0.3) is 40.1 Å². The fourth-order valence-electron chi connectivity index (χ4n) is 4.16. The maximum atomic E-state index is 4.22. The van der Waals surface area contributed by atoms with Crippen LogP contribution < -0.4 is 10.4 Å². The van der Waals surface area contributed by atoms with Gasteiger partial charge < -0.3 is 4.57 Å². The molecule has 1 unspecified atom stereocenters. The van der Waals surface area contributed by atoms with Crippen molar-refractivity contribution in [2.45, 2.75) is 13.8 Å². The molecule has 2 heterocycles. The minimum Gasteiger partial charge on any atom is -0.310 e. The Labute approximate surface area is 178 Å². The third kappa shape index (κ3) is 3.22. The summed E-state index contributed by atoms with van der Waals surface area (Å²) < 4.78 is 2.37. The minimum atomic E-state index is 0.771. The molecule has 0 radical (unpaired) electrons. The van der Waals surface area contributed by atoms with Crippen LogP contribution in [0.15, 0.2) is 84.9 Å². The summed E-state index contributed by atoms with van der Waals surface area (Å²) in [5, 5.41) is 6.38. The molecule has 30 heavy (non-hydrogen) atoms. The average Bonchev–Trinajstić information content (AvgIpc) is 3.32. The van der Waals surface area contributed by atoms with Crippen LogP contribution in [-0.4, -0.2) is 4.57 Å². The molecule has 146 valence electrons. The molecule has 2 heteroatoms. The summed E-state index contributed by atoms with van der Waals surface area (Å²) in [5.41, 5.74) is 6.25. The van der Waals surface area contributed by atoms with Gasteiger partial charge in [0, 0.05) is 11.1 Å². The Hall–Kier alpha value is -3.28. The van der Waals surface area contributed by atoms with Gasteiger partial charge in [0.25, 0.3) is 0 Å². The minimum absolute atomic E-state index is 0.771. The standard InChI is InChI=1S/C28H24NP/c1-19-9-7-8-10-22(19)18-27-21(3)25-17-23(28-16-13-20(2)30-28)14-15-26(25)29(27)24-11-5-4-6-12-24/h4-18,30H,1H2,2-3H3/b22-18-. The molecule has 0 amide bonds. The molecular formula is C28H24NP. The first-order valence-corrected chi connectivity index (χ1v) is 11.2. The zero-order valence-corrected chi connectivity index (χ0v) is 18.3. The highest BCUT2D eigenvalue weighted by molar-refractivity contribution is 7.35. The van der Waals surface area contributed by atoms with Crippen molar-refractivity contribution in [2.24, 2.45) is 0 Å². The largest absolute Gasteiger partial charge is 0.310 e. The molecule has 2 aromatic heterocycles. The van der Waals surface area contributed by atoms with E-state index < -0.39 is 0 Å². The van der Waals surface area contributed by atoms with E-state index in [0.717, 1.165) is 18.6 Å². The van der Waals surface area contributed by atoms with E-state index in [9.17, 15) is 0 Å². The second kappa shape index (κ2) is 7.52. The monoisotopic (exact) mass is 405 g/mol. The SMILES string of the molecule is C=c1cccc/c1=C/c1c(C)c2cc(-c3ccc(C)[pH]3)ccc2n1-c1ccccc1. The van der Waals surface area contributed by atoms with Crippen LogP contribution in [0.1, 0.15) is 16.6 Å². The van der Waals surface area contributed by atoms with E-state index in [4.69, 9.17) is 0 Å². The maximum Gasteiger partial charge on any atom is 0.0538 e. The zero-order chi connectivity index (χ0) is 20.7. The molecule has 0 bridgehead atoms. The number of benzene rings is 3. The summed E-state index contributed by atoms with van der Waals surface area (Å²) in [7, 11) is 0.771. The van der Waals surface area contributed by atoms with Crippen LogP contribution >= 0.6 is 8.19 Å². The van der Waals surface area contributed by atoms with E-state index in [2.05, 4.69) is 110 Å². The highest BCUT2D eigenvalue weighted by Gasteiger charge is 2.15. The molecule has 1 nitrogen and oxygen atoms in total. The van der Waals surface area contributed by atoms with E-state index in [-0.39, 0.29) is 0 Å². The number of aromatic nitrogens is 1. The molecule has 3 aromatic carbocycles. The van der Waals surface area contributed by atoms with Crippen molar-refractivity contribution in [3.8, 4) is 16.5 Å². The molecule has 0 N–H and O–H groups in total. The molecule has 0 fully saturated rings. The van der Waals surface area contributed by atoms with Gasteiger partial charge in [-0.1, -0.05) is 67.2 Å². The third-order valence-corrected chi connectivity index (χ3v) is 7.06. The molecule has 5 aromatic rings. The lowest BCUT2D eigenvalue weighted by atomic mass is 10.1. The van der Waals surface area contributed by atoms with Crippen LogP contribution in [0.2, 0.25) is 0 Å². The van der Waals surface area contributed by atoms with Gasteiger partial charge in [0.05, 0.1) is 11.2 Å². The second-order valence-corrected chi connectivity index (χ2v) is 9.39. The van der Waals surface area contributed by atoms with Crippen molar-refractivity contribution in [3.05, 3.63) is 112 Å². The summed E-state index contributed by atoms with van der Waals surface area (Å²) in [4.78, 5) is 0. The van der Waals surface area contributed by atoms with Gasteiger partial charge in [0.15, 0.2) is 0 Å². The lowest BCUT2D eigenvalue weighted by molar-refractivity contribution is 1.09. The molecule has 1 atom stereocenters. The Morgan fingerprint density at radius 3 is 2.33 bits per heavy atom. The lowest BCUT2D eigenvalue weighted by Crippen LogP contribution is -2.22. The molecular weight excluding hydrogens is 381 g/mol. The Morgan fingerprint density at radius 2 is 1.60 bits per heavy atom. The molecule has 0 saturated heterocycles. The van der Waals surface area contributed by atoms with Crippen molar-refractivity contribution in [3.63, 3.8) is 0 Å². The molecule has 5 rings (SSSR count). The van der Waals surface area contributed by atoms with Gasteiger partial charge in [-0.25, -0.2) is 0 Å². The molecule has 0 aliphatic carbocycles. The maximum absolute atomic E-state index is 4.22. The van der Waals surface area contributed by atoms with E-state index in [1.807, 2.05) is 6.07 Å². The van der Waals surface area contributed by atoms with Crippen LogP contribution in [-0.2, 0) is 0 Å². The first-order valence-electron chi connectivity index (χ1n) is 10.2. The quantitative estimate of drug-likeness (QED) is 0.338. The highest BCUT2D eigenvalue weighted by atomic mass is 31.0. The highest BCUT2D eigenvalue weighted by Crippen LogP contribution is 2.37. The topological polar surface area (TPSA) is 4.93 Å². The van der Waals surface area contributed by atoms with Gasteiger partial charge in [-0.3, -0.25) is 0 Å². The predicted octanol–water partition coefficient (Wildman–Crippen LogP) is 6.18. The van der Waals surface area contributed by atoms with Gasteiger partial charge in [-0.2, -0.15) is 0 Å². The van der Waals surface area contributed by atoms with Crippen molar-refractivity contribution in [2.75, 3.05) is 0 Å². The van der Waals surface area contributed by atoms with Gasteiger partial charge in [-0.15, -0.1) is 8.19 Å². The first kappa shape index (κ1) is 18.7. The smallest absolute Gasteiger partial charge is 0.0538 e. The molecule has 0 aliphatic rings. The summed E-state index contributed by atoms with van der Waals surface area (Å²) in [6.45, 7) is 8.67. The lowest BCUT2D eigenvalue weighted by Gasteiger charge is -2.09. The average molecular weight is 405 g/mol. The van der Waals surface area contributed by atoms with Crippen LogP contribution in [0.3, 0.4) is 0 Å². The molecule has 0 saturated carbocycles. The number of para-hydroxylation sites is 1. The van der Waals surface area contributed by atoms with Gasteiger partial charge in [0.2, 0.25) is 0 Å². The molecule has 0 spiro atoms. The Balaban J connectivity index is 1.83. The zero-order valence-electron chi connectivity index (χ0n) is 17.3. The predicted molar refractivity (Wildman–Crippen MR) is 132 cm³/mol. The van der Waals surface area contributed by atoms with Crippen molar-refractivity contribution >= 4 is 31.8 Å². The van der Waals surface area contributed by atoms with Crippen molar-refractivity contribution in [1.82, 2.24) is 4.57 Å². The summed E-state index contributed by atoms with van der Waals surface area (Å²) >= 11 is 0. The molecule has 0 aliphatic heterocycles. The fourth-order valence-corrected chi connectivity index (χ4v) is 5.22. The van der Waals surface area contributed by atoms with Crippen LogP contribution in [0, 0.1) is 13.8 Å². The van der Waals surface area contributed by atoms with E-state index in [1.54, 1.807) is 0 Å². The van der Waals surface area contributed by atoms with E-state index >= 15 is 0 Å². The van der Waals surface area contributed by atoms with E-state index in [1.165, 1.54) is 44.0 Å². The van der Waals surface area contributed by atoms with E-state index in [0.29, 0.717) is 0 Å². The van der Waals surface area contributed by atoms with Gasteiger partial charge >= 0.3 is 0 Å². The number of hydrogen-bond acceptors (Lipinski definition) is 0. The number of aryl methyl sites for hydroxylation is 2. The van der Waals surface area contributed by atoms with Gasteiger partial charge in [0.1, 0.15) is 0 Å². The second-order valence-electron chi connectivity index (χ2n) is 7.81. The number of nitrogens with zero attached hydrogens (tertiary/aromatic N) is 1. The van der Waals surface area contributed by atoms with Gasteiger partial charge in [-0.05, 0) is 76.3 Å². The van der Waals surface area contributed by atoms with Crippen LogP contribution in [0.4, 0.5) is 0 Å². The summed E-state index contributed by atoms with van der Waals surface area (Å²) in [5.74, 6) is 0. The number of rotatable bonds is 3. The number of fused-ring (bicyclic) bond motifs is 1. The van der Waals surface area contributed by atoms with Crippen molar-refractivity contribution < 1.29 is 0 Å². The first-order chi connectivity index (χ1) is 14.6. The summed E-state index contributed by atoms with van der Waals surface area (Å²) in [6.07, 6.45) is 2.27.